The molecule has 2 aliphatic rings. The van der Waals surface area contributed by atoms with Gasteiger partial charge in [-0.3, -0.25) is 4.79 Å². The highest BCUT2D eigenvalue weighted by Gasteiger charge is 2.34. The minimum absolute atomic E-state index is 0.0569. The highest BCUT2D eigenvalue weighted by molar-refractivity contribution is 5.94. The molecular formula is C19H20N2O3. The van der Waals surface area contributed by atoms with Crippen LogP contribution >= 0.6 is 0 Å². The van der Waals surface area contributed by atoms with Crippen LogP contribution in [0.2, 0.25) is 0 Å². The van der Waals surface area contributed by atoms with Crippen molar-refractivity contribution in [3.8, 4) is 11.5 Å². The number of rotatable bonds is 5. The van der Waals surface area contributed by atoms with E-state index in [4.69, 9.17) is 4.42 Å². The summed E-state index contributed by atoms with van der Waals surface area (Å²) in [5.74, 6) is 1.43. The van der Waals surface area contributed by atoms with Crippen LogP contribution in [-0.4, -0.2) is 28.6 Å². The van der Waals surface area contributed by atoms with Crippen molar-refractivity contribution < 1.29 is 14.3 Å². The predicted molar refractivity (Wildman–Crippen MR) is 89.5 cm³/mol. The second-order valence-electron chi connectivity index (χ2n) is 6.52. The van der Waals surface area contributed by atoms with Gasteiger partial charge in [0, 0.05) is 30.0 Å². The van der Waals surface area contributed by atoms with E-state index in [-0.39, 0.29) is 24.5 Å². The van der Waals surface area contributed by atoms with Crippen LogP contribution in [0.3, 0.4) is 0 Å². The van der Waals surface area contributed by atoms with Gasteiger partial charge in [-0.05, 0) is 31.4 Å². The molecule has 1 aromatic heterocycles. The van der Waals surface area contributed by atoms with Crippen molar-refractivity contribution in [1.29, 1.82) is 0 Å². The first kappa shape index (κ1) is 15.1. The number of carbonyl (C=O) groups is 1. The average molecular weight is 324 g/mol. The molecule has 0 bridgehead atoms. The largest absolute Gasteiger partial charge is 0.440 e. The van der Waals surface area contributed by atoms with E-state index < -0.39 is 0 Å². The summed E-state index contributed by atoms with van der Waals surface area (Å²) in [6.45, 7) is 0.109. The smallest absolute Gasteiger partial charge is 0.274 e. The van der Waals surface area contributed by atoms with Crippen molar-refractivity contribution in [1.82, 2.24) is 10.3 Å². The maximum Gasteiger partial charge on any atom is 0.274 e. The molecule has 0 unspecified atom stereocenters. The van der Waals surface area contributed by atoms with E-state index in [2.05, 4.69) is 10.3 Å². The van der Waals surface area contributed by atoms with Gasteiger partial charge in [0.05, 0.1) is 0 Å². The summed E-state index contributed by atoms with van der Waals surface area (Å²) in [6.07, 6.45) is 6.70. The van der Waals surface area contributed by atoms with Gasteiger partial charge < -0.3 is 14.8 Å². The molecule has 0 saturated heterocycles. The number of nitrogens with zero attached hydrogens (tertiary/aromatic N) is 1. The number of nitrogens with one attached hydrogen (secondary N) is 1. The van der Waals surface area contributed by atoms with Crippen LogP contribution in [0.25, 0.3) is 11.5 Å². The van der Waals surface area contributed by atoms with E-state index in [1.54, 1.807) is 0 Å². The number of aromatic nitrogens is 1. The highest BCUT2D eigenvalue weighted by Crippen LogP contribution is 2.43. The molecule has 4 rings (SSSR count). The first-order valence-corrected chi connectivity index (χ1v) is 8.41. The normalized spacial score (nSPS) is 22.7. The van der Waals surface area contributed by atoms with Gasteiger partial charge in [-0.15, -0.1) is 0 Å². The van der Waals surface area contributed by atoms with Gasteiger partial charge >= 0.3 is 0 Å². The van der Waals surface area contributed by atoms with Crippen molar-refractivity contribution in [3.05, 3.63) is 53.9 Å². The lowest BCUT2D eigenvalue weighted by atomic mass is 10.1. The standard InChI is InChI=1S/C19H20N2O3/c22-11-12-6-9-15(10-12)20-18(23)16-17(13-7-8-13)24-19(21-16)14-4-2-1-3-5-14/h1-6,9,12-13,15,22H,7-8,10-11H2,(H,20,23)/t12-,15+/m0/s1. The number of hydrogen-bond donors (Lipinski definition) is 2. The number of aliphatic hydroxyl groups is 1. The van der Waals surface area contributed by atoms with Crippen LogP contribution in [0.4, 0.5) is 0 Å². The molecule has 5 heteroatoms. The molecule has 2 aromatic rings. The third kappa shape index (κ3) is 2.99. The third-order valence-corrected chi connectivity index (χ3v) is 4.56. The summed E-state index contributed by atoms with van der Waals surface area (Å²) >= 11 is 0. The first-order chi connectivity index (χ1) is 11.7. The summed E-state index contributed by atoms with van der Waals surface area (Å²) in [5.41, 5.74) is 1.27. The quantitative estimate of drug-likeness (QED) is 0.829. The lowest BCUT2D eigenvalue weighted by Gasteiger charge is -2.11. The van der Waals surface area contributed by atoms with Gasteiger partial charge in [-0.1, -0.05) is 30.4 Å². The summed E-state index contributed by atoms with van der Waals surface area (Å²) in [4.78, 5) is 17.1. The van der Waals surface area contributed by atoms with Gasteiger partial charge in [0.15, 0.2) is 5.69 Å². The van der Waals surface area contributed by atoms with Gasteiger partial charge in [-0.2, -0.15) is 0 Å². The Morgan fingerprint density at radius 3 is 2.71 bits per heavy atom. The molecule has 0 radical (unpaired) electrons. The summed E-state index contributed by atoms with van der Waals surface area (Å²) < 4.78 is 5.92. The molecule has 1 amide bonds. The zero-order valence-electron chi connectivity index (χ0n) is 13.3. The van der Waals surface area contributed by atoms with E-state index in [1.165, 1.54) is 0 Å². The molecule has 2 N–H and O–H groups in total. The summed E-state index contributed by atoms with van der Waals surface area (Å²) in [6, 6.07) is 9.58. The third-order valence-electron chi connectivity index (χ3n) is 4.56. The monoisotopic (exact) mass is 324 g/mol. The second kappa shape index (κ2) is 6.24. The first-order valence-electron chi connectivity index (χ1n) is 8.41. The molecule has 24 heavy (non-hydrogen) atoms. The van der Waals surface area contributed by atoms with Gasteiger partial charge in [0.25, 0.3) is 5.91 Å². The van der Waals surface area contributed by atoms with E-state index in [9.17, 15) is 9.90 Å². The topological polar surface area (TPSA) is 75.4 Å². The number of carbonyl (C=O) groups excluding carboxylic acids is 1. The van der Waals surface area contributed by atoms with Crippen molar-refractivity contribution in [2.75, 3.05) is 6.61 Å². The lowest BCUT2D eigenvalue weighted by Crippen LogP contribution is -2.33. The fourth-order valence-electron chi connectivity index (χ4n) is 3.07. The van der Waals surface area contributed by atoms with E-state index in [1.807, 2.05) is 42.5 Å². The summed E-state index contributed by atoms with van der Waals surface area (Å²) in [7, 11) is 0. The Bertz CT molecular complexity index is 762. The Hall–Kier alpha value is -2.40. The Morgan fingerprint density at radius 2 is 2.04 bits per heavy atom. The second-order valence-corrected chi connectivity index (χ2v) is 6.52. The molecule has 1 heterocycles. The van der Waals surface area contributed by atoms with Crippen LogP contribution in [0.1, 0.15) is 41.4 Å². The molecule has 2 aliphatic carbocycles. The highest BCUT2D eigenvalue weighted by atomic mass is 16.4. The van der Waals surface area contributed by atoms with E-state index >= 15 is 0 Å². The number of benzene rings is 1. The van der Waals surface area contributed by atoms with Crippen LogP contribution < -0.4 is 5.32 Å². The van der Waals surface area contributed by atoms with E-state index in [0.717, 1.165) is 24.8 Å². The Labute approximate surface area is 140 Å². The molecular weight excluding hydrogens is 304 g/mol. The predicted octanol–water partition coefficient (Wildman–Crippen LogP) is 2.89. The molecule has 2 atom stereocenters. The zero-order valence-corrected chi connectivity index (χ0v) is 13.3. The number of oxazole rings is 1. The van der Waals surface area contributed by atoms with Gasteiger partial charge in [0.1, 0.15) is 5.76 Å². The fraction of sp³-hybridized carbons (Fsp3) is 0.368. The number of hydrogen-bond acceptors (Lipinski definition) is 4. The van der Waals surface area contributed by atoms with Crippen molar-refractivity contribution in [2.45, 2.75) is 31.2 Å². The minimum atomic E-state index is -0.198. The number of aliphatic hydroxyl groups excluding tert-OH is 1. The summed E-state index contributed by atoms with van der Waals surface area (Å²) in [5, 5.41) is 12.2. The molecule has 124 valence electrons. The van der Waals surface area contributed by atoms with Crippen LogP contribution in [0, 0.1) is 5.92 Å². The molecule has 1 fully saturated rings. The van der Waals surface area contributed by atoms with Crippen molar-refractivity contribution >= 4 is 5.91 Å². The maximum atomic E-state index is 12.7. The van der Waals surface area contributed by atoms with Crippen molar-refractivity contribution in [2.24, 2.45) is 5.92 Å². The zero-order chi connectivity index (χ0) is 16.5. The van der Waals surface area contributed by atoms with Gasteiger partial charge in [-0.25, -0.2) is 4.98 Å². The molecule has 0 aliphatic heterocycles. The van der Waals surface area contributed by atoms with Crippen LogP contribution in [-0.2, 0) is 0 Å². The maximum absolute atomic E-state index is 12.7. The molecule has 5 nitrogen and oxygen atoms in total. The molecule has 1 saturated carbocycles. The van der Waals surface area contributed by atoms with Crippen LogP contribution in [0.5, 0.6) is 0 Å². The number of amides is 1. The lowest BCUT2D eigenvalue weighted by molar-refractivity contribution is 0.0934. The SMILES string of the molecule is O=C(N[C@@H]1C=C[C@H](CO)C1)c1nc(-c2ccccc2)oc1C1CC1. The van der Waals surface area contributed by atoms with Crippen molar-refractivity contribution in [3.63, 3.8) is 0 Å². The Balaban J connectivity index is 1.57. The Morgan fingerprint density at radius 1 is 1.25 bits per heavy atom. The fourth-order valence-corrected chi connectivity index (χ4v) is 3.07. The molecule has 1 aromatic carbocycles. The average Bonchev–Trinajstić information content (AvgIpc) is 3.20. The Kier molecular flexibility index (Phi) is 3.94. The minimum Gasteiger partial charge on any atom is -0.440 e. The molecule has 0 spiro atoms. The van der Waals surface area contributed by atoms with Gasteiger partial charge in [0.2, 0.25) is 5.89 Å². The van der Waals surface area contributed by atoms with Crippen LogP contribution in [0.15, 0.2) is 46.9 Å². The van der Waals surface area contributed by atoms with E-state index in [0.29, 0.717) is 23.3 Å².